The average Bonchev–Trinajstić information content (AvgIpc) is 3.06. The van der Waals surface area contributed by atoms with E-state index in [-0.39, 0.29) is 12.5 Å². The first-order valence-corrected chi connectivity index (χ1v) is 7.64. The third-order valence-corrected chi connectivity index (χ3v) is 3.26. The SMILES string of the molecule is CNC(=O)Cn1cc(NCc2ccc(CSC)o2)cn1. The zero-order chi connectivity index (χ0) is 14.4. The van der Waals surface area contributed by atoms with E-state index in [9.17, 15) is 4.79 Å². The lowest BCUT2D eigenvalue weighted by Gasteiger charge is -2.01. The van der Waals surface area contributed by atoms with E-state index in [1.54, 1.807) is 35.9 Å². The minimum atomic E-state index is -0.0765. The molecule has 7 heteroatoms. The third kappa shape index (κ3) is 4.06. The van der Waals surface area contributed by atoms with E-state index in [2.05, 4.69) is 15.7 Å². The molecule has 6 nitrogen and oxygen atoms in total. The summed E-state index contributed by atoms with van der Waals surface area (Å²) in [4.78, 5) is 11.2. The number of furan rings is 1. The smallest absolute Gasteiger partial charge is 0.241 e. The van der Waals surface area contributed by atoms with Crippen LogP contribution in [0.15, 0.2) is 28.9 Å². The van der Waals surface area contributed by atoms with Gasteiger partial charge in [-0.1, -0.05) is 0 Å². The van der Waals surface area contributed by atoms with Crippen LogP contribution in [0, 0.1) is 0 Å². The molecule has 2 rings (SSSR count). The molecule has 0 fully saturated rings. The third-order valence-electron chi connectivity index (χ3n) is 2.69. The van der Waals surface area contributed by atoms with Gasteiger partial charge in [-0.2, -0.15) is 16.9 Å². The van der Waals surface area contributed by atoms with Gasteiger partial charge in [0.05, 0.1) is 24.2 Å². The summed E-state index contributed by atoms with van der Waals surface area (Å²) in [6.45, 7) is 0.816. The van der Waals surface area contributed by atoms with Gasteiger partial charge in [-0.05, 0) is 18.4 Å². The van der Waals surface area contributed by atoms with Gasteiger partial charge in [0.15, 0.2) is 0 Å². The molecule has 2 aromatic heterocycles. The lowest BCUT2D eigenvalue weighted by Crippen LogP contribution is -2.23. The van der Waals surface area contributed by atoms with Gasteiger partial charge in [-0.25, -0.2) is 0 Å². The van der Waals surface area contributed by atoms with Crippen LogP contribution in [0.5, 0.6) is 0 Å². The lowest BCUT2D eigenvalue weighted by molar-refractivity contribution is -0.121. The zero-order valence-electron chi connectivity index (χ0n) is 11.5. The van der Waals surface area contributed by atoms with Crippen molar-refractivity contribution in [2.75, 3.05) is 18.6 Å². The Hall–Kier alpha value is -1.89. The van der Waals surface area contributed by atoms with Crippen molar-refractivity contribution in [2.45, 2.75) is 18.8 Å². The van der Waals surface area contributed by atoms with Gasteiger partial charge in [-0.15, -0.1) is 0 Å². The molecule has 0 aliphatic rings. The van der Waals surface area contributed by atoms with Crippen molar-refractivity contribution < 1.29 is 9.21 Å². The fraction of sp³-hybridized carbons (Fsp3) is 0.385. The van der Waals surface area contributed by atoms with Crippen molar-refractivity contribution in [1.29, 1.82) is 0 Å². The lowest BCUT2D eigenvalue weighted by atomic mass is 10.4. The molecule has 1 amide bonds. The zero-order valence-corrected chi connectivity index (χ0v) is 12.4. The maximum absolute atomic E-state index is 11.2. The summed E-state index contributed by atoms with van der Waals surface area (Å²) in [7, 11) is 1.61. The van der Waals surface area contributed by atoms with Crippen molar-refractivity contribution in [3.63, 3.8) is 0 Å². The number of nitrogens with zero attached hydrogens (tertiary/aromatic N) is 2. The number of hydrogen-bond acceptors (Lipinski definition) is 5. The number of rotatable bonds is 7. The summed E-state index contributed by atoms with van der Waals surface area (Å²) in [5, 5.41) is 9.88. The number of carbonyl (C=O) groups excluding carboxylic acids is 1. The van der Waals surface area contributed by atoms with Crippen LogP contribution < -0.4 is 10.6 Å². The summed E-state index contributed by atoms with van der Waals surface area (Å²) >= 11 is 1.73. The molecule has 0 aliphatic heterocycles. The maximum atomic E-state index is 11.2. The van der Waals surface area contributed by atoms with Crippen molar-refractivity contribution in [3.05, 3.63) is 36.0 Å². The minimum Gasteiger partial charge on any atom is -0.463 e. The van der Waals surface area contributed by atoms with Crippen molar-refractivity contribution in [3.8, 4) is 0 Å². The second kappa shape index (κ2) is 7.04. The van der Waals surface area contributed by atoms with Crippen LogP contribution in [0.4, 0.5) is 5.69 Å². The Labute approximate surface area is 121 Å². The molecule has 0 aliphatic carbocycles. The van der Waals surface area contributed by atoms with E-state index in [1.807, 2.05) is 18.4 Å². The Kier molecular flexibility index (Phi) is 5.11. The largest absolute Gasteiger partial charge is 0.463 e. The molecule has 0 spiro atoms. The van der Waals surface area contributed by atoms with Gasteiger partial charge in [0.1, 0.15) is 18.1 Å². The van der Waals surface area contributed by atoms with Crippen LogP contribution in [0.3, 0.4) is 0 Å². The van der Waals surface area contributed by atoms with Gasteiger partial charge in [0.2, 0.25) is 5.91 Å². The molecule has 0 unspecified atom stereocenters. The number of thioether (sulfide) groups is 1. The summed E-state index contributed by atoms with van der Waals surface area (Å²) in [6, 6.07) is 3.95. The molecule has 0 radical (unpaired) electrons. The number of nitrogens with one attached hydrogen (secondary N) is 2. The molecule has 0 bridgehead atoms. The number of carbonyl (C=O) groups is 1. The molecule has 2 heterocycles. The van der Waals surface area contributed by atoms with E-state index < -0.39 is 0 Å². The van der Waals surface area contributed by atoms with Crippen molar-refractivity contribution in [1.82, 2.24) is 15.1 Å². The highest BCUT2D eigenvalue weighted by molar-refractivity contribution is 7.97. The van der Waals surface area contributed by atoms with Gasteiger partial charge in [0, 0.05) is 13.2 Å². The number of hydrogen-bond donors (Lipinski definition) is 2. The summed E-state index contributed by atoms with van der Waals surface area (Å²) in [5.41, 5.74) is 0.858. The number of amides is 1. The highest BCUT2D eigenvalue weighted by atomic mass is 32.2. The van der Waals surface area contributed by atoms with E-state index in [0.29, 0.717) is 6.54 Å². The van der Waals surface area contributed by atoms with E-state index in [4.69, 9.17) is 4.42 Å². The molecule has 108 valence electrons. The van der Waals surface area contributed by atoms with Crippen LogP contribution in [-0.4, -0.2) is 29.0 Å². The standard InChI is InChI=1S/C13H18N4O2S/c1-14-13(18)8-17-7-10(5-16-17)15-6-11-3-4-12(19-11)9-20-2/h3-5,7,15H,6,8-9H2,1-2H3,(H,14,18). The second-order valence-electron chi connectivity index (χ2n) is 4.25. The predicted molar refractivity (Wildman–Crippen MR) is 79.5 cm³/mol. The van der Waals surface area contributed by atoms with Crippen LogP contribution in [0.25, 0.3) is 0 Å². The number of anilines is 1. The highest BCUT2D eigenvalue weighted by Crippen LogP contribution is 2.15. The Morgan fingerprint density at radius 3 is 3.00 bits per heavy atom. The Bertz CT molecular complexity index is 564. The Balaban J connectivity index is 1.85. The van der Waals surface area contributed by atoms with Crippen molar-refractivity contribution >= 4 is 23.4 Å². The highest BCUT2D eigenvalue weighted by Gasteiger charge is 2.04. The molecule has 2 aromatic rings. The average molecular weight is 294 g/mol. The van der Waals surface area contributed by atoms with Crippen LogP contribution >= 0.6 is 11.8 Å². The second-order valence-corrected chi connectivity index (χ2v) is 5.12. The first-order chi connectivity index (χ1) is 9.71. The summed E-state index contributed by atoms with van der Waals surface area (Å²) in [6.07, 6.45) is 5.52. The van der Waals surface area contributed by atoms with E-state index >= 15 is 0 Å². The maximum Gasteiger partial charge on any atom is 0.241 e. The monoisotopic (exact) mass is 294 g/mol. The predicted octanol–water partition coefficient (Wildman–Crippen LogP) is 1.70. The number of aromatic nitrogens is 2. The van der Waals surface area contributed by atoms with Gasteiger partial charge < -0.3 is 15.1 Å². The molecular weight excluding hydrogens is 276 g/mol. The summed E-state index contributed by atoms with van der Waals surface area (Å²) < 4.78 is 7.25. The molecule has 0 saturated carbocycles. The van der Waals surface area contributed by atoms with Crippen molar-refractivity contribution in [2.24, 2.45) is 0 Å². The first-order valence-electron chi connectivity index (χ1n) is 6.24. The van der Waals surface area contributed by atoms with Gasteiger partial charge in [-0.3, -0.25) is 9.48 Å². The fourth-order valence-corrected chi connectivity index (χ4v) is 2.13. The summed E-state index contributed by atoms with van der Waals surface area (Å²) in [5.74, 6) is 2.66. The van der Waals surface area contributed by atoms with Crippen LogP contribution in [0.1, 0.15) is 11.5 Å². The number of likely N-dealkylation sites (N-methyl/N-ethyl adjacent to an activating group) is 1. The van der Waals surface area contributed by atoms with Gasteiger partial charge >= 0.3 is 0 Å². The minimum absolute atomic E-state index is 0.0765. The molecule has 2 N–H and O–H groups in total. The van der Waals surface area contributed by atoms with Crippen LogP contribution in [0.2, 0.25) is 0 Å². The van der Waals surface area contributed by atoms with Gasteiger partial charge in [0.25, 0.3) is 0 Å². The first kappa shape index (κ1) is 14.5. The topological polar surface area (TPSA) is 72.1 Å². The quantitative estimate of drug-likeness (QED) is 0.813. The Morgan fingerprint density at radius 1 is 1.45 bits per heavy atom. The Morgan fingerprint density at radius 2 is 2.25 bits per heavy atom. The van der Waals surface area contributed by atoms with Crippen LogP contribution in [-0.2, 0) is 23.6 Å². The fourth-order valence-electron chi connectivity index (χ4n) is 1.69. The van der Waals surface area contributed by atoms with E-state index in [1.165, 1.54) is 0 Å². The molecule has 0 atom stereocenters. The molecular formula is C13H18N4O2S. The normalized spacial score (nSPS) is 10.5. The molecule has 0 saturated heterocycles. The van der Waals surface area contributed by atoms with E-state index in [0.717, 1.165) is 23.0 Å². The molecule has 20 heavy (non-hydrogen) atoms. The molecule has 0 aromatic carbocycles.